The van der Waals surface area contributed by atoms with E-state index in [1.807, 2.05) is 0 Å². The van der Waals surface area contributed by atoms with Gasteiger partial charge in [-0.2, -0.15) is 0 Å². The van der Waals surface area contributed by atoms with Crippen molar-refractivity contribution in [2.75, 3.05) is 7.05 Å². The van der Waals surface area contributed by atoms with E-state index in [-0.39, 0.29) is 0 Å². The molecule has 1 N–H and O–H groups in total. The maximum Gasteiger partial charge on any atom is 0.0357 e. The second-order valence-electron chi connectivity index (χ2n) is 6.41. The third kappa shape index (κ3) is 2.98. The third-order valence-electron chi connectivity index (χ3n) is 5.12. The van der Waals surface area contributed by atoms with Gasteiger partial charge in [0.25, 0.3) is 0 Å². The predicted octanol–water partition coefficient (Wildman–Crippen LogP) is 5.11. The predicted molar refractivity (Wildman–Crippen MR) is 86.0 cm³/mol. The zero-order chi connectivity index (χ0) is 13.8. The molecule has 0 aliphatic heterocycles. The summed E-state index contributed by atoms with van der Waals surface area (Å²) < 4.78 is 0. The quantitative estimate of drug-likeness (QED) is 0.733. The largest absolute Gasteiger partial charge is 0.313 e. The maximum atomic E-state index is 3.57. The van der Waals surface area contributed by atoms with E-state index in [2.05, 4.69) is 42.7 Å². The van der Waals surface area contributed by atoms with Gasteiger partial charge in [-0.25, -0.2) is 0 Å². The van der Waals surface area contributed by atoms with Crippen molar-refractivity contribution in [3.63, 3.8) is 0 Å². The van der Waals surface area contributed by atoms with Crippen LogP contribution in [0.1, 0.15) is 74.5 Å². The molecule has 1 aromatic rings. The molecule has 1 aromatic carbocycles. The first-order valence-corrected chi connectivity index (χ1v) is 8.32. The van der Waals surface area contributed by atoms with Gasteiger partial charge in [-0.3, -0.25) is 0 Å². The van der Waals surface area contributed by atoms with Crippen LogP contribution >= 0.6 is 0 Å². The van der Waals surface area contributed by atoms with E-state index < -0.39 is 0 Å². The van der Waals surface area contributed by atoms with Crippen molar-refractivity contribution in [3.05, 3.63) is 47.0 Å². The molecule has 1 heteroatoms. The average Bonchev–Trinajstić information content (AvgIpc) is 2.45. The molecule has 1 atom stereocenters. The highest BCUT2D eigenvalue weighted by molar-refractivity contribution is 5.35. The highest BCUT2D eigenvalue weighted by Gasteiger charge is 2.24. The summed E-state index contributed by atoms with van der Waals surface area (Å²) in [6, 6.07) is 9.62. The molecule has 0 amide bonds. The van der Waals surface area contributed by atoms with Crippen LogP contribution in [0.25, 0.3) is 0 Å². The lowest BCUT2D eigenvalue weighted by molar-refractivity contribution is 0.412. The summed E-state index contributed by atoms with van der Waals surface area (Å²) in [4.78, 5) is 0. The minimum atomic E-state index is 0.496. The highest BCUT2D eigenvalue weighted by atomic mass is 14.9. The van der Waals surface area contributed by atoms with Crippen LogP contribution in [0.5, 0.6) is 0 Å². The van der Waals surface area contributed by atoms with Crippen LogP contribution in [0.2, 0.25) is 0 Å². The molecule has 0 saturated heterocycles. The van der Waals surface area contributed by atoms with Gasteiger partial charge < -0.3 is 5.32 Å². The molecule has 1 fully saturated rings. The number of rotatable bonds is 5. The van der Waals surface area contributed by atoms with Crippen molar-refractivity contribution in [1.29, 1.82) is 0 Å². The Morgan fingerprint density at radius 1 is 1.15 bits per heavy atom. The second-order valence-corrected chi connectivity index (χ2v) is 6.41. The Labute approximate surface area is 123 Å². The number of hydrogen-bond donors (Lipinski definition) is 1. The summed E-state index contributed by atoms with van der Waals surface area (Å²) in [7, 11) is 2.12. The fourth-order valence-electron chi connectivity index (χ4n) is 3.64. The Morgan fingerprint density at radius 3 is 2.65 bits per heavy atom. The Morgan fingerprint density at radius 2 is 2.00 bits per heavy atom. The smallest absolute Gasteiger partial charge is 0.0357 e. The summed E-state index contributed by atoms with van der Waals surface area (Å²) in [5, 5.41) is 3.57. The van der Waals surface area contributed by atoms with E-state index >= 15 is 0 Å². The van der Waals surface area contributed by atoms with Gasteiger partial charge in [0.1, 0.15) is 0 Å². The second kappa shape index (κ2) is 6.58. The fraction of sp³-hybridized carbons (Fsp3) is 0.579. The first-order valence-electron chi connectivity index (χ1n) is 8.32. The van der Waals surface area contributed by atoms with Crippen LogP contribution < -0.4 is 5.32 Å². The first kappa shape index (κ1) is 13.9. The van der Waals surface area contributed by atoms with Gasteiger partial charge in [-0.1, -0.05) is 42.3 Å². The molecule has 108 valence electrons. The van der Waals surface area contributed by atoms with Crippen molar-refractivity contribution in [2.24, 2.45) is 0 Å². The van der Waals surface area contributed by atoms with Gasteiger partial charge in [-0.15, -0.1) is 0 Å². The SMILES string of the molecule is CNC(CC1=CCCCC1)c1ccccc1C1CCC1. The molecule has 0 aromatic heterocycles. The molecule has 3 rings (SSSR count). The molecular weight excluding hydrogens is 242 g/mol. The molecule has 2 aliphatic rings. The van der Waals surface area contributed by atoms with Crippen molar-refractivity contribution >= 4 is 0 Å². The van der Waals surface area contributed by atoms with E-state index in [1.54, 1.807) is 16.7 Å². The Hall–Kier alpha value is -1.08. The van der Waals surface area contributed by atoms with E-state index in [0.717, 1.165) is 5.92 Å². The zero-order valence-corrected chi connectivity index (χ0v) is 12.7. The lowest BCUT2D eigenvalue weighted by atomic mass is 9.76. The summed E-state index contributed by atoms with van der Waals surface area (Å²) in [6.07, 6.45) is 13.2. The van der Waals surface area contributed by atoms with Gasteiger partial charge in [-0.05, 0) is 69.0 Å². The summed E-state index contributed by atoms with van der Waals surface area (Å²) in [5.41, 5.74) is 4.82. The summed E-state index contributed by atoms with van der Waals surface area (Å²) >= 11 is 0. The highest BCUT2D eigenvalue weighted by Crippen LogP contribution is 2.40. The third-order valence-corrected chi connectivity index (χ3v) is 5.12. The lowest BCUT2D eigenvalue weighted by Gasteiger charge is -2.31. The molecular formula is C19H27N. The lowest BCUT2D eigenvalue weighted by Crippen LogP contribution is -2.21. The van der Waals surface area contributed by atoms with Crippen LogP contribution in [0.3, 0.4) is 0 Å². The molecule has 0 spiro atoms. The van der Waals surface area contributed by atoms with E-state index in [1.165, 1.54) is 51.4 Å². The van der Waals surface area contributed by atoms with Crippen molar-refractivity contribution in [2.45, 2.75) is 63.3 Å². The molecule has 0 bridgehead atoms. The number of hydrogen-bond acceptors (Lipinski definition) is 1. The van der Waals surface area contributed by atoms with Crippen molar-refractivity contribution in [1.82, 2.24) is 5.32 Å². The minimum Gasteiger partial charge on any atom is -0.313 e. The number of allylic oxidation sites excluding steroid dienone is 1. The minimum absolute atomic E-state index is 0.496. The molecule has 1 unspecified atom stereocenters. The Balaban J connectivity index is 1.79. The molecule has 1 saturated carbocycles. The molecule has 2 aliphatic carbocycles. The normalized spacial score (nSPS) is 21.1. The molecule has 0 radical (unpaired) electrons. The van der Waals surface area contributed by atoms with Gasteiger partial charge in [0.2, 0.25) is 0 Å². The van der Waals surface area contributed by atoms with E-state index in [9.17, 15) is 0 Å². The molecule has 20 heavy (non-hydrogen) atoms. The fourth-order valence-corrected chi connectivity index (χ4v) is 3.64. The Bertz CT molecular complexity index is 470. The van der Waals surface area contributed by atoms with Gasteiger partial charge in [0, 0.05) is 6.04 Å². The average molecular weight is 269 g/mol. The maximum absolute atomic E-state index is 3.57. The summed E-state index contributed by atoms with van der Waals surface area (Å²) in [5.74, 6) is 0.822. The molecule has 0 heterocycles. The molecule has 1 nitrogen and oxygen atoms in total. The number of nitrogens with one attached hydrogen (secondary N) is 1. The van der Waals surface area contributed by atoms with Crippen LogP contribution in [0.4, 0.5) is 0 Å². The van der Waals surface area contributed by atoms with E-state index in [0.29, 0.717) is 6.04 Å². The van der Waals surface area contributed by atoms with Gasteiger partial charge in [0.15, 0.2) is 0 Å². The van der Waals surface area contributed by atoms with Crippen LogP contribution in [-0.4, -0.2) is 7.05 Å². The topological polar surface area (TPSA) is 12.0 Å². The van der Waals surface area contributed by atoms with Crippen LogP contribution in [0.15, 0.2) is 35.9 Å². The monoisotopic (exact) mass is 269 g/mol. The van der Waals surface area contributed by atoms with Gasteiger partial charge in [0.05, 0.1) is 0 Å². The van der Waals surface area contributed by atoms with Gasteiger partial charge >= 0.3 is 0 Å². The first-order chi connectivity index (χ1) is 9.88. The number of benzene rings is 1. The Kier molecular flexibility index (Phi) is 4.57. The zero-order valence-electron chi connectivity index (χ0n) is 12.7. The summed E-state index contributed by atoms with van der Waals surface area (Å²) in [6.45, 7) is 0. The standard InChI is InChI=1S/C19H27N/c1-20-19(14-15-8-3-2-4-9-15)18-13-6-5-12-17(18)16-10-7-11-16/h5-6,8,12-13,16,19-20H,2-4,7,9-11,14H2,1H3. The van der Waals surface area contributed by atoms with Crippen LogP contribution in [-0.2, 0) is 0 Å². The van der Waals surface area contributed by atoms with E-state index in [4.69, 9.17) is 0 Å². The van der Waals surface area contributed by atoms with Crippen LogP contribution in [0, 0.1) is 0 Å². The van der Waals surface area contributed by atoms with Crippen molar-refractivity contribution < 1.29 is 0 Å². The van der Waals surface area contributed by atoms with Crippen molar-refractivity contribution in [3.8, 4) is 0 Å².